The Labute approximate surface area is 158 Å². The van der Waals surface area contributed by atoms with E-state index in [4.69, 9.17) is 5.26 Å². The molecule has 2 aromatic rings. The van der Waals surface area contributed by atoms with E-state index >= 15 is 0 Å². The number of nitriles is 1. The molecule has 9 heteroatoms. The molecule has 0 aliphatic carbocycles. The Balaban J connectivity index is 1.79. The molecule has 2 aromatic carbocycles. The maximum atomic E-state index is 13.6. The van der Waals surface area contributed by atoms with Gasteiger partial charge in [0.05, 0.1) is 17.3 Å². The number of urea groups is 1. The summed E-state index contributed by atoms with van der Waals surface area (Å²) in [6.45, 7) is 0.766. The molecule has 28 heavy (non-hydrogen) atoms. The summed E-state index contributed by atoms with van der Waals surface area (Å²) in [4.78, 5) is 37.9. The number of imide groups is 1. The standard InChI is InChI=1S/C19H14F2N4O3/c1-19(12-4-2-3-11(7-12)9-22)17(27)25(18(28)24-19)10-16(26)23-15-8-13(20)5-6-14(15)21/h2-8H,10H2,1H3,(H,23,26)(H,24,28). The molecule has 1 aliphatic rings. The number of nitrogens with one attached hydrogen (secondary N) is 2. The average Bonchev–Trinajstić information content (AvgIpc) is 2.89. The van der Waals surface area contributed by atoms with Gasteiger partial charge in [-0.05, 0) is 36.8 Å². The zero-order valence-electron chi connectivity index (χ0n) is 14.6. The second kappa shape index (κ2) is 7.08. The van der Waals surface area contributed by atoms with Gasteiger partial charge in [0.15, 0.2) is 0 Å². The first-order valence-electron chi connectivity index (χ1n) is 8.14. The zero-order chi connectivity index (χ0) is 20.5. The molecule has 0 saturated carbocycles. The number of carbonyl (C=O) groups is 3. The van der Waals surface area contributed by atoms with Crippen LogP contribution in [0.1, 0.15) is 18.1 Å². The number of hydrogen-bond acceptors (Lipinski definition) is 4. The monoisotopic (exact) mass is 384 g/mol. The number of nitrogens with zero attached hydrogens (tertiary/aromatic N) is 2. The first kappa shape index (κ1) is 19.0. The molecule has 0 aromatic heterocycles. The van der Waals surface area contributed by atoms with Crippen LogP contribution in [0.4, 0.5) is 19.3 Å². The van der Waals surface area contributed by atoms with Crippen LogP contribution >= 0.6 is 0 Å². The number of hydrogen-bond donors (Lipinski definition) is 2. The van der Waals surface area contributed by atoms with Crippen molar-refractivity contribution in [2.45, 2.75) is 12.5 Å². The molecule has 4 amide bonds. The molecule has 1 fully saturated rings. The van der Waals surface area contributed by atoms with E-state index in [-0.39, 0.29) is 0 Å². The van der Waals surface area contributed by atoms with Crippen molar-refractivity contribution in [3.8, 4) is 6.07 Å². The highest BCUT2D eigenvalue weighted by molar-refractivity contribution is 6.10. The predicted molar refractivity (Wildman–Crippen MR) is 93.7 cm³/mol. The summed E-state index contributed by atoms with van der Waals surface area (Å²) in [7, 11) is 0. The van der Waals surface area contributed by atoms with Crippen LogP contribution in [0.15, 0.2) is 42.5 Å². The van der Waals surface area contributed by atoms with E-state index in [0.29, 0.717) is 16.0 Å². The molecule has 1 heterocycles. The van der Waals surface area contributed by atoms with Gasteiger partial charge in [0.2, 0.25) is 5.91 Å². The SMILES string of the molecule is CC1(c2cccc(C#N)c2)NC(=O)N(CC(=O)Nc2cc(F)ccc2F)C1=O. The number of carbonyl (C=O) groups excluding carboxylic acids is 3. The van der Waals surface area contributed by atoms with Crippen LogP contribution in [0.5, 0.6) is 0 Å². The third-order valence-electron chi connectivity index (χ3n) is 4.35. The molecule has 7 nitrogen and oxygen atoms in total. The second-order valence-corrected chi connectivity index (χ2v) is 6.31. The van der Waals surface area contributed by atoms with Crippen LogP contribution in [0.3, 0.4) is 0 Å². The predicted octanol–water partition coefficient (Wildman–Crippen LogP) is 2.24. The van der Waals surface area contributed by atoms with Crippen LogP contribution in [-0.4, -0.2) is 29.3 Å². The van der Waals surface area contributed by atoms with Crippen LogP contribution < -0.4 is 10.6 Å². The Morgan fingerprint density at radius 2 is 2.00 bits per heavy atom. The summed E-state index contributed by atoms with van der Waals surface area (Å²) < 4.78 is 26.9. The van der Waals surface area contributed by atoms with Gasteiger partial charge in [-0.2, -0.15) is 5.26 Å². The van der Waals surface area contributed by atoms with Crippen molar-refractivity contribution in [3.05, 3.63) is 65.2 Å². The van der Waals surface area contributed by atoms with E-state index in [1.54, 1.807) is 18.2 Å². The molecular formula is C19H14F2N4O3. The third-order valence-corrected chi connectivity index (χ3v) is 4.35. The number of rotatable bonds is 4. The average molecular weight is 384 g/mol. The van der Waals surface area contributed by atoms with E-state index in [0.717, 1.165) is 18.2 Å². The van der Waals surface area contributed by atoms with Gasteiger partial charge in [-0.3, -0.25) is 14.5 Å². The first-order valence-corrected chi connectivity index (χ1v) is 8.14. The second-order valence-electron chi connectivity index (χ2n) is 6.31. The van der Waals surface area contributed by atoms with Crippen LogP contribution in [0.25, 0.3) is 0 Å². The van der Waals surface area contributed by atoms with Crippen molar-refractivity contribution < 1.29 is 23.2 Å². The lowest BCUT2D eigenvalue weighted by Crippen LogP contribution is -2.42. The van der Waals surface area contributed by atoms with Crippen molar-refractivity contribution >= 4 is 23.5 Å². The Morgan fingerprint density at radius 3 is 2.71 bits per heavy atom. The molecule has 0 spiro atoms. The van der Waals surface area contributed by atoms with Gasteiger partial charge in [-0.1, -0.05) is 12.1 Å². The normalized spacial score (nSPS) is 18.6. The number of halogens is 2. The quantitative estimate of drug-likeness (QED) is 0.789. The molecule has 2 N–H and O–H groups in total. The van der Waals surface area contributed by atoms with Crippen LogP contribution in [0.2, 0.25) is 0 Å². The minimum absolute atomic E-state index is 0.304. The Bertz CT molecular complexity index is 1030. The lowest BCUT2D eigenvalue weighted by atomic mass is 9.91. The molecule has 1 saturated heterocycles. The van der Waals surface area contributed by atoms with E-state index in [1.807, 2.05) is 6.07 Å². The minimum Gasteiger partial charge on any atom is -0.322 e. The molecular weight excluding hydrogens is 370 g/mol. The summed E-state index contributed by atoms with van der Waals surface area (Å²) >= 11 is 0. The largest absolute Gasteiger partial charge is 0.325 e. The van der Waals surface area contributed by atoms with Crippen LogP contribution in [-0.2, 0) is 15.1 Å². The van der Waals surface area contributed by atoms with Crippen molar-refractivity contribution in [3.63, 3.8) is 0 Å². The first-order chi connectivity index (χ1) is 13.2. The summed E-state index contributed by atoms with van der Waals surface area (Å²) in [6, 6.07) is 9.81. The van der Waals surface area contributed by atoms with Crippen molar-refractivity contribution in [1.82, 2.24) is 10.2 Å². The van der Waals surface area contributed by atoms with E-state index in [2.05, 4.69) is 10.6 Å². The van der Waals surface area contributed by atoms with Crippen molar-refractivity contribution in [2.75, 3.05) is 11.9 Å². The third kappa shape index (κ3) is 3.40. The van der Waals surface area contributed by atoms with E-state index in [1.165, 1.54) is 13.0 Å². The molecule has 1 aliphatic heterocycles. The maximum Gasteiger partial charge on any atom is 0.325 e. The smallest absolute Gasteiger partial charge is 0.322 e. The topological polar surface area (TPSA) is 102 Å². The van der Waals surface area contributed by atoms with Crippen LogP contribution in [0, 0.1) is 23.0 Å². The van der Waals surface area contributed by atoms with Crippen molar-refractivity contribution in [1.29, 1.82) is 5.26 Å². The Morgan fingerprint density at radius 1 is 1.25 bits per heavy atom. The van der Waals surface area contributed by atoms with Gasteiger partial charge in [0.25, 0.3) is 5.91 Å². The summed E-state index contributed by atoms with van der Waals surface area (Å²) in [5.41, 5.74) is -1.18. The van der Waals surface area contributed by atoms with Gasteiger partial charge in [0.1, 0.15) is 23.7 Å². The summed E-state index contributed by atoms with van der Waals surface area (Å²) in [5.74, 6) is -3.19. The highest BCUT2D eigenvalue weighted by Gasteiger charge is 2.49. The molecule has 0 radical (unpaired) electrons. The van der Waals surface area contributed by atoms with Gasteiger partial charge in [0, 0.05) is 6.07 Å². The number of anilines is 1. The fourth-order valence-corrected chi connectivity index (χ4v) is 2.86. The van der Waals surface area contributed by atoms with Gasteiger partial charge >= 0.3 is 6.03 Å². The van der Waals surface area contributed by atoms with E-state index in [9.17, 15) is 23.2 Å². The number of amides is 4. The molecule has 1 atom stereocenters. The summed E-state index contributed by atoms with van der Waals surface area (Å²) in [5, 5.41) is 13.7. The summed E-state index contributed by atoms with van der Waals surface area (Å²) in [6.07, 6.45) is 0. The number of benzene rings is 2. The lowest BCUT2D eigenvalue weighted by Gasteiger charge is -2.22. The lowest BCUT2D eigenvalue weighted by molar-refractivity contribution is -0.133. The van der Waals surface area contributed by atoms with Gasteiger partial charge < -0.3 is 10.6 Å². The van der Waals surface area contributed by atoms with Gasteiger partial charge in [-0.25, -0.2) is 13.6 Å². The fraction of sp³-hybridized carbons (Fsp3) is 0.158. The highest BCUT2D eigenvalue weighted by atomic mass is 19.1. The molecule has 3 rings (SSSR count). The van der Waals surface area contributed by atoms with Gasteiger partial charge in [-0.15, -0.1) is 0 Å². The fourth-order valence-electron chi connectivity index (χ4n) is 2.86. The zero-order valence-corrected chi connectivity index (χ0v) is 14.6. The Hall–Kier alpha value is -3.80. The Kier molecular flexibility index (Phi) is 4.79. The van der Waals surface area contributed by atoms with E-state index < -0.39 is 47.3 Å². The minimum atomic E-state index is -1.46. The maximum absolute atomic E-state index is 13.6. The molecule has 0 bridgehead atoms. The molecule has 142 valence electrons. The van der Waals surface area contributed by atoms with Crippen molar-refractivity contribution in [2.24, 2.45) is 0 Å². The highest BCUT2D eigenvalue weighted by Crippen LogP contribution is 2.29. The molecule has 1 unspecified atom stereocenters.